The molecule has 21 heavy (non-hydrogen) atoms. The second kappa shape index (κ2) is 4.76. The summed E-state index contributed by atoms with van der Waals surface area (Å²) in [4.78, 5) is 21.3. The third kappa shape index (κ3) is 2.60. The molecule has 0 bridgehead atoms. The summed E-state index contributed by atoms with van der Waals surface area (Å²) in [5.74, 6) is 0.884. The number of hydrogen-bond acceptors (Lipinski definition) is 3. The summed E-state index contributed by atoms with van der Waals surface area (Å²) in [5, 5.41) is 0. The lowest BCUT2D eigenvalue weighted by molar-refractivity contribution is 0.0910. The Morgan fingerprint density at radius 1 is 1.10 bits per heavy atom. The van der Waals surface area contributed by atoms with Gasteiger partial charge in [-0.15, -0.1) is 0 Å². The lowest BCUT2D eigenvalue weighted by atomic mass is 9.76. The van der Waals surface area contributed by atoms with Crippen LogP contribution in [-0.2, 0) is 6.42 Å². The molecule has 3 rings (SSSR count). The highest BCUT2D eigenvalue weighted by Gasteiger charge is 2.32. The van der Waals surface area contributed by atoms with E-state index in [-0.39, 0.29) is 11.2 Å². The summed E-state index contributed by atoms with van der Waals surface area (Å²) in [6.45, 7) is 8.36. The Kier molecular flexibility index (Phi) is 3.16. The first-order valence-corrected chi connectivity index (χ1v) is 7.32. The largest absolute Gasteiger partial charge is 0.294 e. The van der Waals surface area contributed by atoms with E-state index in [0.717, 1.165) is 29.1 Å². The van der Waals surface area contributed by atoms with E-state index in [9.17, 15) is 4.79 Å². The zero-order valence-corrected chi connectivity index (χ0v) is 13.0. The summed E-state index contributed by atoms with van der Waals surface area (Å²) in [7, 11) is 0. The highest BCUT2D eigenvalue weighted by molar-refractivity contribution is 5.98. The molecule has 1 aromatic carbocycles. The van der Waals surface area contributed by atoms with Crippen molar-refractivity contribution in [3.8, 4) is 11.4 Å². The Labute approximate surface area is 125 Å². The van der Waals surface area contributed by atoms with E-state index in [2.05, 4.69) is 50.9 Å². The van der Waals surface area contributed by atoms with E-state index >= 15 is 0 Å². The molecule has 0 fully saturated rings. The first-order valence-electron chi connectivity index (χ1n) is 7.32. The van der Waals surface area contributed by atoms with Gasteiger partial charge in [0.15, 0.2) is 11.6 Å². The van der Waals surface area contributed by atoms with Crippen molar-refractivity contribution in [2.45, 2.75) is 40.5 Å². The van der Waals surface area contributed by atoms with Crippen molar-refractivity contribution in [1.29, 1.82) is 0 Å². The number of aromatic nitrogens is 2. The fourth-order valence-corrected chi connectivity index (χ4v) is 2.94. The van der Waals surface area contributed by atoms with Crippen LogP contribution in [0, 0.1) is 19.3 Å². The Morgan fingerprint density at radius 3 is 2.62 bits per heavy atom. The van der Waals surface area contributed by atoms with Gasteiger partial charge in [-0.25, -0.2) is 9.97 Å². The van der Waals surface area contributed by atoms with E-state index in [1.165, 1.54) is 5.56 Å². The minimum Gasteiger partial charge on any atom is -0.294 e. The lowest BCUT2D eigenvalue weighted by Gasteiger charge is -2.29. The van der Waals surface area contributed by atoms with Gasteiger partial charge < -0.3 is 0 Å². The Bertz CT molecular complexity index is 732. The fourth-order valence-electron chi connectivity index (χ4n) is 2.94. The van der Waals surface area contributed by atoms with E-state index < -0.39 is 0 Å². The highest BCUT2D eigenvalue weighted by atomic mass is 16.1. The van der Waals surface area contributed by atoms with Crippen molar-refractivity contribution in [3.63, 3.8) is 0 Å². The molecule has 3 heteroatoms. The van der Waals surface area contributed by atoms with E-state index in [1.807, 2.05) is 0 Å². The highest BCUT2D eigenvalue weighted by Crippen LogP contribution is 2.34. The zero-order valence-electron chi connectivity index (χ0n) is 13.0. The number of nitrogens with zero attached hydrogens (tertiary/aromatic N) is 2. The molecule has 0 saturated carbocycles. The molecule has 0 amide bonds. The van der Waals surface area contributed by atoms with Crippen LogP contribution < -0.4 is 0 Å². The number of benzene rings is 1. The molecule has 1 aromatic heterocycles. The molecular weight excluding hydrogens is 260 g/mol. The first kappa shape index (κ1) is 13.9. The molecule has 0 unspecified atom stereocenters. The molecule has 1 aliphatic carbocycles. The SMILES string of the molecule is Cc1ccc(C)c(-c2ncc3c(n2)CC(C)(C)CC3=O)c1. The predicted molar refractivity (Wildman–Crippen MR) is 83.4 cm³/mol. The number of ketones is 1. The molecule has 0 spiro atoms. The van der Waals surface area contributed by atoms with Gasteiger partial charge >= 0.3 is 0 Å². The lowest BCUT2D eigenvalue weighted by Crippen LogP contribution is -2.28. The van der Waals surface area contributed by atoms with Crippen molar-refractivity contribution in [2.24, 2.45) is 5.41 Å². The van der Waals surface area contributed by atoms with E-state index in [4.69, 9.17) is 4.98 Å². The van der Waals surface area contributed by atoms with Crippen LogP contribution in [-0.4, -0.2) is 15.8 Å². The average molecular weight is 280 g/mol. The molecule has 108 valence electrons. The standard InChI is InChI=1S/C18H20N2O/c1-11-5-6-12(2)13(7-11)17-19-10-14-15(20-17)8-18(3,4)9-16(14)21/h5-7,10H,8-9H2,1-4H3. The number of rotatable bonds is 1. The molecule has 0 aliphatic heterocycles. The Morgan fingerprint density at radius 2 is 1.86 bits per heavy atom. The van der Waals surface area contributed by atoms with Crippen LogP contribution in [0.2, 0.25) is 0 Å². The summed E-state index contributed by atoms with van der Waals surface area (Å²) in [6, 6.07) is 6.28. The second-order valence-corrected chi connectivity index (χ2v) is 6.81. The molecule has 3 nitrogen and oxygen atoms in total. The summed E-state index contributed by atoms with van der Waals surface area (Å²) in [5.41, 5.74) is 4.96. The maximum absolute atomic E-state index is 12.2. The summed E-state index contributed by atoms with van der Waals surface area (Å²) < 4.78 is 0. The molecule has 0 saturated heterocycles. The van der Waals surface area contributed by atoms with Crippen LogP contribution in [0.15, 0.2) is 24.4 Å². The number of Topliss-reactive ketones (excluding diaryl/α,β-unsaturated/α-hetero) is 1. The smallest absolute Gasteiger partial charge is 0.166 e. The molecule has 0 N–H and O–H groups in total. The van der Waals surface area contributed by atoms with E-state index in [0.29, 0.717) is 12.0 Å². The predicted octanol–water partition coefficient (Wildman–Crippen LogP) is 3.92. The zero-order chi connectivity index (χ0) is 15.2. The van der Waals surface area contributed by atoms with Gasteiger partial charge in [0, 0.05) is 18.2 Å². The van der Waals surface area contributed by atoms with Crippen molar-refractivity contribution < 1.29 is 4.79 Å². The molecule has 0 radical (unpaired) electrons. The van der Waals surface area contributed by atoms with Crippen LogP contribution in [0.25, 0.3) is 11.4 Å². The van der Waals surface area contributed by atoms with Crippen molar-refractivity contribution in [3.05, 3.63) is 46.8 Å². The van der Waals surface area contributed by atoms with Crippen molar-refractivity contribution in [2.75, 3.05) is 0 Å². The van der Waals surface area contributed by atoms with Crippen molar-refractivity contribution in [1.82, 2.24) is 9.97 Å². The van der Waals surface area contributed by atoms with Gasteiger partial charge in [-0.05, 0) is 37.3 Å². The van der Waals surface area contributed by atoms with Gasteiger partial charge in [-0.3, -0.25) is 4.79 Å². The van der Waals surface area contributed by atoms with Gasteiger partial charge in [0.25, 0.3) is 0 Å². The number of aryl methyl sites for hydroxylation is 2. The van der Waals surface area contributed by atoms with Crippen LogP contribution >= 0.6 is 0 Å². The molecule has 2 aromatic rings. The fraction of sp³-hybridized carbons (Fsp3) is 0.389. The van der Waals surface area contributed by atoms with Crippen LogP contribution in [0.5, 0.6) is 0 Å². The number of carbonyl (C=O) groups excluding carboxylic acids is 1. The van der Waals surface area contributed by atoms with Crippen LogP contribution in [0.1, 0.15) is 47.4 Å². The van der Waals surface area contributed by atoms with Gasteiger partial charge in [0.1, 0.15) is 0 Å². The van der Waals surface area contributed by atoms with Crippen LogP contribution in [0.3, 0.4) is 0 Å². The maximum Gasteiger partial charge on any atom is 0.166 e. The Hall–Kier alpha value is -2.03. The van der Waals surface area contributed by atoms with Gasteiger partial charge in [0.2, 0.25) is 0 Å². The quantitative estimate of drug-likeness (QED) is 0.795. The molecule has 0 atom stereocenters. The van der Waals surface area contributed by atoms with Crippen molar-refractivity contribution >= 4 is 5.78 Å². The average Bonchev–Trinajstić information content (AvgIpc) is 2.39. The maximum atomic E-state index is 12.2. The minimum absolute atomic E-state index is 0.0165. The normalized spacial score (nSPS) is 16.7. The van der Waals surface area contributed by atoms with Crippen LogP contribution in [0.4, 0.5) is 0 Å². The topological polar surface area (TPSA) is 42.9 Å². The third-order valence-corrected chi connectivity index (χ3v) is 4.09. The molecule has 1 heterocycles. The second-order valence-electron chi connectivity index (χ2n) is 6.81. The number of hydrogen-bond donors (Lipinski definition) is 0. The third-order valence-electron chi connectivity index (χ3n) is 4.09. The minimum atomic E-state index is -0.0165. The Balaban J connectivity index is 2.11. The van der Waals surface area contributed by atoms with Gasteiger partial charge in [0.05, 0.1) is 11.3 Å². The monoisotopic (exact) mass is 280 g/mol. The summed E-state index contributed by atoms with van der Waals surface area (Å²) in [6.07, 6.45) is 3.11. The molecule has 1 aliphatic rings. The summed E-state index contributed by atoms with van der Waals surface area (Å²) >= 11 is 0. The number of carbonyl (C=O) groups is 1. The molecular formula is C18H20N2O. The first-order chi connectivity index (χ1) is 9.85. The van der Waals surface area contributed by atoms with E-state index in [1.54, 1.807) is 6.20 Å². The number of fused-ring (bicyclic) bond motifs is 1. The van der Waals surface area contributed by atoms with Gasteiger partial charge in [-0.1, -0.05) is 31.5 Å². The van der Waals surface area contributed by atoms with Gasteiger partial charge in [-0.2, -0.15) is 0 Å².